The highest BCUT2D eigenvalue weighted by Gasteiger charge is 2.50. The number of aromatic hydroxyl groups is 3. The number of ketones is 1. The number of aliphatic hydroxyl groups is 2. The van der Waals surface area contributed by atoms with Crippen molar-refractivity contribution >= 4 is 40.3 Å². The number of nitrogens with one attached hydrogen (secondary N) is 1. The zero-order valence-corrected chi connectivity index (χ0v) is 39.1. The van der Waals surface area contributed by atoms with Crippen LogP contribution in [0.15, 0.2) is 41.3 Å². The van der Waals surface area contributed by atoms with E-state index in [9.17, 15) is 39.9 Å². The smallest absolute Gasteiger partial charge is 0.312 e. The van der Waals surface area contributed by atoms with Crippen LogP contribution in [0, 0.1) is 30.6 Å². The molecular formula is C49H70N2O13. The number of rotatable bonds is 14. The highest BCUT2D eigenvalue weighted by Crippen LogP contribution is 2.55. The number of esters is 1. The van der Waals surface area contributed by atoms with Crippen molar-refractivity contribution < 1.29 is 63.7 Å². The summed E-state index contributed by atoms with van der Waals surface area (Å²) in [5.41, 5.74) is -0.530. The Morgan fingerprint density at radius 3 is 2.14 bits per heavy atom. The van der Waals surface area contributed by atoms with Crippen molar-refractivity contribution in [1.82, 2.24) is 0 Å². The summed E-state index contributed by atoms with van der Waals surface area (Å²) in [6.45, 7) is 15.0. The van der Waals surface area contributed by atoms with Crippen molar-refractivity contribution in [2.75, 3.05) is 19.0 Å². The number of carbonyl (C=O) groups excluding carboxylic acids is 3. The van der Waals surface area contributed by atoms with E-state index < -0.39 is 88.8 Å². The molecule has 3 aliphatic heterocycles. The third-order valence-electron chi connectivity index (χ3n) is 12.6. The van der Waals surface area contributed by atoms with Gasteiger partial charge in [-0.25, -0.2) is 0 Å². The maximum Gasteiger partial charge on any atom is 0.312 e. The molecule has 0 aliphatic carbocycles. The van der Waals surface area contributed by atoms with Gasteiger partial charge in [-0.1, -0.05) is 103 Å². The molecule has 0 saturated carbocycles. The van der Waals surface area contributed by atoms with E-state index in [1.165, 1.54) is 85.3 Å². The van der Waals surface area contributed by atoms with E-state index in [2.05, 4.69) is 17.4 Å². The van der Waals surface area contributed by atoms with Crippen molar-refractivity contribution in [2.24, 2.45) is 28.8 Å². The molecule has 9 atom stereocenters. The molecule has 15 nitrogen and oxygen atoms in total. The number of fused-ring (bicyclic) bond motifs is 14. The lowest BCUT2D eigenvalue weighted by Crippen LogP contribution is -2.46. The molecule has 0 saturated heterocycles. The van der Waals surface area contributed by atoms with Crippen LogP contribution in [-0.4, -0.2) is 93.3 Å². The second-order valence-corrected chi connectivity index (χ2v) is 17.5. The molecule has 6 N–H and O–H groups in total. The Balaban J connectivity index is 1.82. The maximum absolute atomic E-state index is 14.5. The Morgan fingerprint density at radius 1 is 0.875 bits per heavy atom. The summed E-state index contributed by atoms with van der Waals surface area (Å²) in [6, 6.07) is 0. The summed E-state index contributed by atoms with van der Waals surface area (Å²) >= 11 is 0. The van der Waals surface area contributed by atoms with Crippen LogP contribution in [0.4, 0.5) is 5.69 Å². The topological polar surface area (TPSA) is 223 Å². The number of phenolic OH excluding ortho intramolecular Hbond substituents is 3. The van der Waals surface area contributed by atoms with Crippen molar-refractivity contribution in [3.8, 4) is 23.0 Å². The minimum absolute atomic E-state index is 0.0438. The molecule has 15 heteroatoms. The Labute approximate surface area is 377 Å². The monoisotopic (exact) mass is 894 g/mol. The number of amides is 1. The SMILES string of the molecule is CCCCCCCCCCCON=Cc1c2c(O)c3c(O)c(C)c4c(c3c1O)C(=O)[C@@](C)(OC=C[C@H](OC)[C@H](C)[C@H](OC(C)=O)[C@H](C)[C@H](O)[C@H](C)[C@@H](O)[C@H](C)C=CC=C(C)C(=O)N2)O4. The van der Waals surface area contributed by atoms with Gasteiger partial charge in [-0.2, -0.15) is 0 Å². The van der Waals surface area contributed by atoms with Gasteiger partial charge in [0.25, 0.3) is 11.7 Å². The number of aliphatic hydroxyl groups excluding tert-OH is 2. The predicted octanol–water partition coefficient (Wildman–Crippen LogP) is 8.64. The molecule has 0 radical (unpaired) electrons. The van der Waals surface area contributed by atoms with Crippen LogP contribution in [0.25, 0.3) is 10.8 Å². The average Bonchev–Trinajstić information content (AvgIpc) is 3.52. The third kappa shape index (κ3) is 11.8. The maximum atomic E-state index is 14.5. The molecule has 3 heterocycles. The van der Waals surface area contributed by atoms with Crippen LogP contribution in [0.5, 0.6) is 23.0 Å². The van der Waals surface area contributed by atoms with Gasteiger partial charge in [0, 0.05) is 61.2 Å². The number of ether oxygens (including phenoxy) is 4. The first-order valence-corrected chi connectivity index (χ1v) is 22.6. The van der Waals surface area contributed by atoms with Crippen LogP contribution in [0.2, 0.25) is 0 Å². The van der Waals surface area contributed by atoms with Crippen LogP contribution in [0.1, 0.15) is 135 Å². The molecule has 3 aliphatic rings. The number of carbonyl (C=O) groups is 3. The Kier molecular flexibility index (Phi) is 18.7. The molecule has 354 valence electrons. The molecule has 64 heavy (non-hydrogen) atoms. The van der Waals surface area contributed by atoms with Crippen molar-refractivity contribution in [1.29, 1.82) is 0 Å². The van der Waals surface area contributed by atoms with Gasteiger partial charge in [0.2, 0.25) is 0 Å². The summed E-state index contributed by atoms with van der Waals surface area (Å²) in [5, 5.41) is 64.6. The van der Waals surface area contributed by atoms with Gasteiger partial charge in [0.1, 0.15) is 30.0 Å². The molecule has 0 fully saturated rings. The number of Topliss-reactive ketones (excluding diaryl/α,β-unsaturated/α-hetero) is 1. The zero-order valence-electron chi connectivity index (χ0n) is 39.1. The Morgan fingerprint density at radius 2 is 1.52 bits per heavy atom. The summed E-state index contributed by atoms with van der Waals surface area (Å²) in [5.74, 6) is -8.54. The number of hydrogen-bond donors (Lipinski definition) is 6. The number of unbranched alkanes of at least 4 members (excludes halogenated alkanes) is 8. The molecule has 2 aromatic carbocycles. The number of anilines is 1. The first kappa shape index (κ1) is 51.5. The fraction of sp³-hybridized carbons (Fsp3) is 0.592. The highest BCUT2D eigenvalue weighted by molar-refractivity contribution is 6.23. The Bertz CT molecular complexity index is 2090. The van der Waals surface area contributed by atoms with E-state index in [4.69, 9.17) is 23.8 Å². The molecule has 1 amide bonds. The van der Waals surface area contributed by atoms with E-state index in [1.54, 1.807) is 39.8 Å². The van der Waals surface area contributed by atoms with Crippen LogP contribution in [-0.2, 0) is 28.6 Å². The second-order valence-electron chi connectivity index (χ2n) is 17.5. The lowest BCUT2D eigenvalue weighted by atomic mass is 9.78. The fourth-order valence-corrected chi connectivity index (χ4v) is 8.49. The summed E-state index contributed by atoms with van der Waals surface area (Å²) in [4.78, 5) is 46.1. The number of allylic oxidation sites excluding steroid dienone is 2. The largest absolute Gasteiger partial charge is 0.507 e. The standard InChI is InChI=1S/C49H70N2O13/c1-11-12-13-14-15-16-17-18-19-24-62-50-26-34-39-44(57)37-36(43(34)56)38-46(32(7)42(37)55)64-49(9,47(38)58)61-25-23-35(60-10)29(4)45(63-33(8)52)31(6)41(54)30(5)40(53)27(2)21-20-22-28(3)48(59)51-39/h20-23,25-27,29-31,35,40-41,45,53-57H,11-19,24H2,1-10H3,(H,51,59)/t27-,29+,30-,31-,35+,40+,41-,45+,49+/m1/s1. The molecule has 5 bridgehead atoms. The predicted molar refractivity (Wildman–Crippen MR) is 245 cm³/mol. The molecule has 5 rings (SSSR count). The number of oxime groups is 1. The van der Waals surface area contributed by atoms with Gasteiger partial charge >= 0.3 is 11.8 Å². The third-order valence-corrected chi connectivity index (χ3v) is 12.6. The van der Waals surface area contributed by atoms with E-state index >= 15 is 0 Å². The van der Waals surface area contributed by atoms with E-state index in [1.807, 2.05) is 0 Å². The first-order valence-electron chi connectivity index (χ1n) is 22.6. The molecule has 0 unspecified atom stereocenters. The molecule has 2 aromatic rings. The van der Waals surface area contributed by atoms with E-state index in [0.717, 1.165) is 31.9 Å². The van der Waals surface area contributed by atoms with Crippen LogP contribution in [0.3, 0.4) is 0 Å². The van der Waals surface area contributed by atoms with Crippen molar-refractivity contribution in [3.63, 3.8) is 0 Å². The van der Waals surface area contributed by atoms with Gasteiger partial charge in [-0.15, -0.1) is 0 Å². The van der Waals surface area contributed by atoms with Crippen LogP contribution >= 0.6 is 0 Å². The normalized spacial score (nSPS) is 26.8. The molecule has 0 aromatic heterocycles. The average molecular weight is 895 g/mol. The summed E-state index contributed by atoms with van der Waals surface area (Å²) in [6.07, 6.45) is 14.6. The zero-order chi connectivity index (χ0) is 47.5. The fourth-order valence-electron chi connectivity index (χ4n) is 8.49. The Hall–Kier alpha value is -5.12. The van der Waals surface area contributed by atoms with Crippen molar-refractivity contribution in [3.05, 3.63) is 52.8 Å². The number of nitrogens with zero attached hydrogens (tertiary/aromatic N) is 1. The van der Waals surface area contributed by atoms with Gasteiger partial charge in [-0.05, 0) is 32.8 Å². The minimum Gasteiger partial charge on any atom is -0.507 e. The van der Waals surface area contributed by atoms with Gasteiger partial charge in [0.05, 0.1) is 53.0 Å². The lowest BCUT2D eigenvalue weighted by Gasteiger charge is -2.38. The lowest BCUT2D eigenvalue weighted by molar-refractivity contribution is -0.160. The minimum atomic E-state index is -2.06. The number of benzene rings is 2. The first-order chi connectivity index (χ1) is 30.3. The van der Waals surface area contributed by atoms with Crippen LogP contribution < -0.4 is 10.1 Å². The summed E-state index contributed by atoms with van der Waals surface area (Å²) in [7, 11) is 1.44. The van der Waals surface area contributed by atoms with Gasteiger partial charge < -0.3 is 54.6 Å². The van der Waals surface area contributed by atoms with Crippen molar-refractivity contribution in [2.45, 2.75) is 150 Å². The number of methoxy groups -OCH3 is 1. The summed E-state index contributed by atoms with van der Waals surface area (Å²) < 4.78 is 23.6. The number of phenols is 3. The van der Waals surface area contributed by atoms with E-state index in [-0.39, 0.29) is 51.1 Å². The molecular weight excluding hydrogens is 825 g/mol. The number of hydrogen-bond acceptors (Lipinski definition) is 14. The molecule has 0 spiro atoms. The quantitative estimate of drug-likeness (QED) is 0.0261. The van der Waals surface area contributed by atoms with E-state index in [0.29, 0.717) is 0 Å². The second kappa shape index (κ2) is 23.2. The van der Waals surface area contributed by atoms with Gasteiger partial charge in [0.15, 0.2) is 5.75 Å². The highest BCUT2D eigenvalue weighted by atomic mass is 16.7. The van der Waals surface area contributed by atoms with Gasteiger partial charge in [-0.3, -0.25) is 14.4 Å².